The highest BCUT2D eigenvalue weighted by Gasteiger charge is 2.35. The summed E-state index contributed by atoms with van der Waals surface area (Å²) in [6.45, 7) is 4.73. The van der Waals surface area contributed by atoms with Crippen molar-refractivity contribution in [2.75, 3.05) is 6.54 Å². The molecule has 3 heteroatoms. The summed E-state index contributed by atoms with van der Waals surface area (Å²) in [7, 11) is 0. The summed E-state index contributed by atoms with van der Waals surface area (Å²) in [6, 6.07) is 3.79. The molecule has 0 aromatic heterocycles. The van der Waals surface area contributed by atoms with Gasteiger partial charge in [0.05, 0.1) is 0 Å². The molecule has 106 valence electrons. The molecule has 1 aliphatic rings. The van der Waals surface area contributed by atoms with Gasteiger partial charge in [0.1, 0.15) is 5.75 Å². The lowest BCUT2D eigenvalue weighted by Gasteiger charge is -2.38. The normalized spacial score (nSPS) is 18.8. The molecule has 1 saturated carbocycles. The molecule has 0 heterocycles. The fourth-order valence-corrected chi connectivity index (χ4v) is 3.50. The molecule has 1 aromatic carbocycles. The maximum Gasteiger partial charge on any atom is 0.122 e. The number of rotatable bonds is 3. The molecule has 1 aliphatic carbocycles. The van der Waals surface area contributed by atoms with E-state index in [1.165, 1.54) is 19.3 Å². The van der Waals surface area contributed by atoms with Gasteiger partial charge >= 0.3 is 0 Å². The minimum atomic E-state index is -0.0864. The average Bonchev–Trinajstić information content (AvgIpc) is 2.41. The number of phenols is 1. The topological polar surface area (TPSA) is 46.2 Å². The molecule has 0 aliphatic heterocycles. The van der Waals surface area contributed by atoms with Gasteiger partial charge in [0.15, 0.2) is 0 Å². The Hall–Kier alpha value is -0.730. The number of halogens is 1. The van der Waals surface area contributed by atoms with Crippen LogP contribution in [0, 0.1) is 0 Å². The largest absolute Gasteiger partial charge is 0.507 e. The van der Waals surface area contributed by atoms with Crippen LogP contribution in [0.3, 0.4) is 0 Å². The van der Waals surface area contributed by atoms with Crippen LogP contribution in [0.1, 0.15) is 63.0 Å². The van der Waals surface area contributed by atoms with E-state index in [4.69, 9.17) is 17.3 Å². The Morgan fingerprint density at radius 2 is 1.89 bits per heavy atom. The number of aromatic hydroxyl groups is 1. The van der Waals surface area contributed by atoms with Gasteiger partial charge in [-0.05, 0) is 36.5 Å². The number of nitrogens with two attached hydrogens (primary N) is 1. The van der Waals surface area contributed by atoms with Crippen LogP contribution in [0.15, 0.2) is 12.1 Å². The van der Waals surface area contributed by atoms with E-state index in [2.05, 4.69) is 13.8 Å². The lowest BCUT2D eigenvalue weighted by Crippen LogP contribution is -2.37. The van der Waals surface area contributed by atoms with Crippen molar-refractivity contribution in [1.82, 2.24) is 0 Å². The van der Waals surface area contributed by atoms with Crippen LogP contribution < -0.4 is 5.73 Å². The lowest BCUT2D eigenvalue weighted by molar-refractivity contribution is 0.290. The molecule has 0 bridgehead atoms. The van der Waals surface area contributed by atoms with Gasteiger partial charge in [0.2, 0.25) is 0 Å². The van der Waals surface area contributed by atoms with Crippen LogP contribution in [0.25, 0.3) is 0 Å². The molecule has 0 unspecified atom stereocenters. The van der Waals surface area contributed by atoms with Crippen molar-refractivity contribution >= 4 is 11.6 Å². The highest BCUT2D eigenvalue weighted by atomic mass is 35.5. The number of phenolic OH excluding ortho intramolecular Hbond substituents is 1. The van der Waals surface area contributed by atoms with Crippen molar-refractivity contribution in [3.63, 3.8) is 0 Å². The first-order valence-corrected chi connectivity index (χ1v) is 7.61. The van der Waals surface area contributed by atoms with Crippen LogP contribution in [-0.4, -0.2) is 11.7 Å². The zero-order chi connectivity index (χ0) is 14.0. The molecular weight excluding hydrogens is 258 g/mol. The summed E-state index contributed by atoms with van der Waals surface area (Å²) in [5.74, 6) is 0.669. The van der Waals surface area contributed by atoms with Crippen molar-refractivity contribution < 1.29 is 5.11 Å². The number of benzene rings is 1. The van der Waals surface area contributed by atoms with E-state index in [0.29, 0.717) is 17.3 Å². The van der Waals surface area contributed by atoms with Crippen LogP contribution in [0.4, 0.5) is 0 Å². The Morgan fingerprint density at radius 1 is 1.26 bits per heavy atom. The Labute approximate surface area is 121 Å². The smallest absolute Gasteiger partial charge is 0.122 e. The molecule has 1 fully saturated rings. The maximum absolute atomic E-state index is 10.6. The molecule has 2 nitrogen and oxygen atoms in total. The van der Waals surface area contributed by atoms with Crippen molar-refractivity contribution in [3.8, 4) is 5.75 Å². The summed E-state index contributed by atoms with van der Waals surface area (Å²) in [5.41, 5.74) is 7.87. The van der Waals surface area contributed by atoms with E-state index >= 15 is 0 Å². The molecule has 0 atom stereocenters. The fraction of sp³-hybridized carbons (Fsp3) is 0.625. The van der Waals surface area contributed by atoms with Crippen molar-refractivity contribution in [2.45, 2.75) is 57.3 Å². The van der Waals surface area contributed by atoms with Gasteiger partial charge in [0, 0.05) is 22.5 Å². The Bertz CT molecular complexity index is 450. The summed E-state index contributed by atoms with van der Waals surface area (Å²) in [5, 5.41) is 11.3. The predicted octanol–water partition coefficient (Wildman–Crippen LogP) is 4.33. The van der Waals surface area contributed by atoms with E-state index in [1.807, 2.05) is 12.1 Å². The van der Waals surface area contributed by atoms with Gasteiger partial charge in [-0.2, -0.15) is 0 Å². The van der Waals surface area contributed by atoms with Gasteiger partial charge in [0.25, 0.3) is 0 Å². The second kappa shape index (κ2) is 5.72. The average molecular weight is 282 g/mol. The first-order chi connectivity index (χ1) is 9.00. The van der Waals surface area contributed by atoms with Gasteiger partial charge in [-0.3, -0.25) is 0 Å². The number of hydrogen-bond acceptors (Lipinski definition) is 2. The summed E-state index contributed by atoms with van der Waals surface area (Å²) < 4.78 is 0. The third kappa shape index (κ3) is 2.75. The van der Waals surface area contributed by atoms with Crippen LogP contribution in [0.5, 0.6) is 5.75 Å². The van der Waals surface area contributed by atoms with Crippen molar-refractivity contribution in [2.24, 2.45) is 5.73 Å². The van der Waals surface area contributed by atoms with E-state index in [-0.39, 0.29) is 11.3 Å². The van der Waals surface area contributed by atoms with Crippen LogP contribution in [-0.2, 0) is 5.41 Å². The summed E-state index contributed by atoms with van der Waals surface area (Å²) in [6.07, 6.45) is 5.73. The minimum Gasteiger partial charge on any atom is -0.507 e. The number of hydrogen-bond donors (Lipinski definition) is 2. The van der Waals surface area contributed by atoms with Crippen LogP contribution in [0.2, 0.25) is 5.02 Å². The summed E-state index contributed by atoms with van der Waals surface area (Å²) in [4.78, 5) is 0. The standard InChI is InChI=1S/C16H24ClNO/c1-11(2)13-8-12(17)9-14(15(13)19)16(10-18)6-4-3-5-7-16/h8-9,11,19H,3-7,10,18H2,1-2H3. The van der Waals surface area contributed by atoms with Gasteiger partial charge in [-0.25, -0.2) is 0 Å². The second-order valence-corrected chi connectivity index (χ2v) is 6.53. The molecule has 0 amide bonds. The lowest BCUT2D eigenvalue weighted by atomic mass is 9.68. The zero-order valence-electron chi connectivity index (χ0n) is 11.9. The third-order valence-electron chi connectivity index (χ3n) is 4.50. The SMILES string of the molecule is CC(C)c1cc(Cl)cc(C2(CN)CCCCC2)c1O. The van der Waals surface area contributed by atoms with Gasteiger partial charge in [-0.15, -0.1) is 0 Å². The third-order valence-corrected chi connectivity index (χ3v) is 4.72. The quantitative estimate of drug-likeness (QED) is 0.866. The molecule has 3 N–H and O–H groups in total. The highest BCUT2D eigenvalue weighted by molar-refractivity contribution is 6.30. The fourth-order valence-electron chi connectivity index (χ4n) is 3.28. The van der Waals surface area contributed by atoms with Crippen molar-refractivity contribution in [1.29, 1.82) is 0 Å². The monoisotopic (exact) mass is 281 g/mol. The van der Waals surface area contributed by atoms with Gasteiger partial charge < -0.3 is 10.8 Å². The van der Waals surface area contributed by atoms with E-state index in [9.17, 15) is 5.11 Å². The van der Waals surface area contributed by atoms with E-state index < -0.39 is 0 Å². The highest BCUT2D eigenvalue weighted by Crippen LogP contribution is 2.45. The van der Waals surface area contributed by atoms with Crippen molar-refractivity contribution in [3.05, 3.63) is 28.3 Å². The minimum absolute atomic E-state index is 0.0864. The Balaban J connectivity index is 2.53. The molecule has 19 heavy (non-hydrogen) atoms. The maximum atomic E-state index is 10.6. The first-order valence-electron chi connectivity index (χ1n) is 7.23. The zero-order valence-corrected chi connectivity index (χ0v) is 12.6. The predicted molar refractivity (Wildman–Crippen MR) is 81.0 cm³/mol. The van der Waals surface area contributed by atoms with Gasteiger partial charge in [-0.1, -0.05) is 44.7 Å². The Morgan fingerprint density at radius 3 is 2.42 bits per heavy atom. The molecular formula is C16H24ClNO. The molecule has 0 spiro atoms. The molecule has 1 aromatic rings. The summed E-state index contributed by atoms with van der Waals surface area (Å²) >= 11 is 6.25. The van der Waals surface area contributed by atoms with E-state index in [1.54, 1.807) is 0 Å². The van der Waals surface area contributed by atoms with E-state index in [0.717, 1.165) is 24.0 Å². The first kappa shape index (κ1) is 14.7. The molecule has 0 radical (unpaired) electrons. The van der Waals surface area contributed by atoms with Crippen LogP contribution >= 0.6 is 11.6 Å². The second-order valence-electron chi connectivity index (χ2n) is 6.09. The molecule has 0 saturated heterocycles. The Kier molecular flexibility index (Phi) is 4.42. The molecule has 2 rings (SSSR count).